The van der Waals surface area contributed by atoms with Crippen LogP contribution in [0.4, 0.5) is 0 Å². The second-order valence-electron chi connectivity index (χ2n) is 12.7. The molecule has 4 aromatic carbocycles. The second kappa shape index (κ2) is 10.8. The van der Waals surface area contributed by atoms with Crippen molar-refractivity contribution >= 4 is 44.1 Å². The van der Waals surface area contributed by atoms with Gasteiger partial charge in [-0.1, -0.05) is 24.3 Å². The highest BCUT2D eigenvalue weighted by Gasteiger charge is 2.13. The highest BCUT2D eigenvalue weighted by molar-refractivity contribution is 5.90. The zero-order chi connectivity index (χ0) is 33.3. The van der Waals surface area contributed by atoms with Crippen LogP contribution in [0.3, 0.4) is 0 Å². The zero-order valence-electron chi connectivity index (χ0n) is 27.1. The second-order valence-corrected chi connectivity index (χ2v) is 12.7. The molecule has 0 atom stereocenters. The fourth-order valence-corrected chi connectivity index (χ4v) is 6.60. The summed E-state index contributed by atoms with van der Waals surface area (Å²) in [5, 5.41) is 0. The first-order valence-electron chi connectivity index (χ1n) is 16.4. The number of benzene rings is 4. The minimum atomic E-state index is 0.716. The van der Waals surface area contributed by atoms with E-state index in [-0.39, 0.29) is 0 Å². The monoisotopic (exact) mass is 648 g/mol. The lowest BCUT2D eigenvalue weighted by molar-refractivity contribution is 1.17. The Labute approximate surface area is 284 Å². The number of hydrogen-bond acceptors (Lipinski definition) is 6. The number of pyridine rings is 2. The molecule has 0 bridgehead atoms. The summed E-state index contributed by atoms with van der Waals surface area (Å²) in [6.07, 6.45) is 3.64. The van der Waals surface area contributed by atoms with E-state index in [0.29, 0.717) is 5.82 Å². The van der Waals surface area contributed by atoms with Crippen LogP contribution in [0.5, 0.6) is 0 Å². The van der Waals surface area contributed by atoms with Crippen LogP contribution < -0.4 is 0 Å². The Bertz CT molecular complexity index is 2910. The largest absolute Gasteiger partial charge is 0.342 e. The van der Waals surface area contributed by atoms with Gasteiger partial charge in [-0.3, -0.25) is 9.97 Å². The van der Waals surface area contributed by atoms with Gasteiger partial charge in [-0.15, -0.1) is 0 Å². The lowest BCUT2D eigenvalue weighted by Crippen LogP contribution is -1.87. The minimum absolute atomic E-state index is 0.716. The fourth-order valence-electron chi connectivity index (χ4n) is 6.60. The number of nitrogens with zero attached hydrogens (tertiary/aromatic N) is 6. The van der Waals surface area contributed by atoms with E-state index >= 15 is 0 Å². The van der Waals surface area contributed by atoms with Crippen molar-refractivity contribution in [2.45, 2.75) is 13.8 Å². The van der Waals surface area contributed by atoms with Gasteiger partial charge in [0.25, 0.3) is 0 Å². The number of aromatic nitrogens is 10. The molecule has 10 rings (SSSR count). The van der Waals surface area contributed by atoms with Crippen LogP contribution in [-0.2, 0) is 0 Å². The Hall–Kier alpha value is -6.94. The molecular formula is C40H28N10. The molecule has 50 heavy (non-hydrogen) atoms. The number of H-pyrrole nitrogens is 4. The Kier molecular flexibility index (Phi) is 6.07. The van der Waals surface area contributed by atoms with Crippen molar-refractivity contribution in [1.82, 2.24) is 49.8 Å². The van der Waals surface area contributed by atoms with E-state index in [1.165, 1.54) is 0 Å². The average molecular weight is 649 g/mol. The summed E-state index contributed by atoms with van der Waals surface area (Å²) in [5.41, 5.74) is 15.5. The van der Waals surface area contributed by atoms with Crippen molar-refractivity contribution in [2.24, 2.45) is 0 Å². The summed E-state index contributed by atoms with van der Waals surface area (Å²) < 4.78 is 0. The average Bonchev–Trinajstić information content (AvgIpc) is 3.94. The number of hydrogen-bond donors (Lipinski definition) is 4. The molecule has 10 aromatic rings. The number of aromatic amines is 4. The molecule has 0 radical (unpaired) electrons. The molecule has 0 saturated heterocycles. The molecule has 4 N–H and O–H groups in total. The number of imidazole rings is 4. The van der Waals surface area contributed by atoms with E-state index < -0.39 is 0 Å². The highest BCUT2D eigenvalue weighted by Crippen LogP contribution is 2.31. The number of rotatable bonds is 5. The van der Waals surface area contributed by atoms with Crippen LogP contribution in [-0.4, -0.2) is 49.8 Å². The van der Waals surface area contributed by atoms with Crippen LogP contribution in [0.1, 0.15) is 11.4 Å². The van der Waals surface area contributed by atoms with Crippen molar-refractivity contribution in [1.29, 1.82) is 0 Å². The van der Waals surface area contributed by atoms with E-state index in [0.717, 1.165) is 106 Å². The van der Waals surface area contributed by atoms with Gasteiger partial charge < -0.3 is 19.9 Å². The van der Waals surface area contributed by atoms with Crippen molar-refractivity contribution in [3.8, 4) is 56.7 Å². The molecule has 238 valence electrons. The summed E-state index contributed by atoms with van der Waals surface area (Å²) in [6, 6.07) is 33.1. The summed E-state index contributed by atoms with van der Waals surface area (Å²) in [5.74, 6) is 3.14. The quantitative estimate of drug-likeness (QED) is 0.147. The van der Waals surface area contributed by atoms with Crippen LogP contribution in [0, 0.1) is 13.8 Å². The predicted octanol–water partition coefficient (Wildman–Crippen LogP) is 8.93. The SMILES string of the molecule is Cc1ccnc(-c2nc3cc(-c4ccc5nc(-c6ccc(-c7nc8cc(-c9ccc%10nc(C)[nH]c%10c9)ccc8[nH]7)nc6)[nH]c5c4)ccc3[nH]2)c1. The van der Waals surface area contributed by atoms with Crippen LogP contribution in [0.25, 0.3) is 101 Å². The van der Waals surface area contributed by atoms with Gasteiger partial charge in [0.15, 0.2) is 11.6 Å². The lowest BCUT2D eigenvalue weighted by atomic mass is 10.0. The van der Waals surface area contributed by atoms with E-state index in [4.69, 9.17) is 19.9 Å². The molecule has 0 saturated carbocycles. The van der Waals surface area contributed by atoms with E-state index in [1.807, 2.05) is 55.7 Å². The molecule has 6 heterocycles. The first kappa shape index (κ1) is 28.1. The van der Waals surface area contributed by atoms with Gasteiger partial charge in [-0.2, -0.15) is 0 Å². The highest BCUT2D eigenvalue weighted by atomic mass is 15.0. The summed E-state index contributed by atoms with van der Waals surface area (Å²) in [6.45, 7) is 4.02. The molecule has 10 nitrogen and oxygen atoms in total. The summed E-state index contributed by atoms with van der Waals surface area (Å²) >= 11 is 0. The minimum Gasteiger partial charge on any atom is -0.342 e. The van der Waals surface area contributed by atoms with Gasteiger partial charge in [0, 0.05) is 18.0 Å². The summed E-state index contributed by atoms with van der Waals surface area (Å²) in [7, 11) is 0. The Balaban J connectivity index is 0.909. The van der Waals surface area contributed by atoms with Gasteiger partial charge in [-0.25, -0.2) is 19.9 Å². The summed E-state index contributed by atoms with van der Waals surface area (Å²) in [4.78, 5) is 42.0. The number of nitrogens with one attached hydrogen (secondary N) is 4. The van der Waals surface area contributed by atoms with Gasteiger partial charge in [0.2, 0.25) is 0 Å². The fraction of sp³-hybridized carbons (Fsp3) is 0.0500. The van der Waals surface area contributed by atoms with Gasteiger partial charge >= 0.3 is 0 Å². The van der Waals surface area contributed by atoms with E-state index in [2.05, 4.69) is 97.5 Å². The smallest absolute Gasteiger partial charge is 0.157 e. The van der Waals surface area contributed by atoms with Crippen LogP contribution in [0.2, 0.25) is 0 Å². The molecule has 0 unspecified atom stereocenters. The third kappa shape index (κ3) is 4.81. The van der Waals surface area contributed by atoms with Crippen molar-refractivity contribution in [2.75, 3.05) is 0 Å². The van der Waals surface area contributed by atoms with E-state index in [9.17, 15) is 0 Å². The maximum absolute atomic E-state index is 4.88. The zero-order valence-corrected chi connectivity index (χ0v) is 27.1. The Morgan fingerprint density at radius 3 is 1.62 bits per heavy atom. The van der Waals surface area contributed by atoms with Crippen molar-refractivity contribution in [3.63, 3.8) is 0 Å². The third-order valence-electron chi connectivity index (χ3n) is 9.15. The maximum atomic E-state index is 4.88. The number of fused-ring (bicyclic) bond motifs is 4. The first-order valence-corrected chi connectivity index (χ1v) is 16.4. The standard InChI is InChI=1S/C40H28N10/c1-21-13-14-41-37(15-21)40-47-31-11-6-26(19-36(31)50-40)24-4-9-29-34(17-24)48-38(45-29)27-7-12-32(42-20-27)39-46-30-10-5-25(18-35(30)49-39)23-3-8-28-33(16-23)44-22(2)43-28/h3-20H,1-2H3,(H,43,44)(H,45,48)(H,46,49)(H,47,50). The Morgan fingerprint density at radius 2 is 0.960 bits per heavy atom. The Morgan fingerprint density at radius 1 is 0.400 bits per heavy atom. The van der Waals surface area contributed by atoms with Gasteiger partial charge in [-0.05, 0) is 114 Å². The molecule has 0 aliphatic rings. The van der Waals surface area contributed by atoms with E-state index in [1.54, 1.807) is 0 Å². The molecule has 0 fully saturated rings. The predicted molar refractivity (Wildman–Crippen MR) is 197 cm³/mol. The van der Waals surface area contributed by atoms with Gasteiger partial charge in [0.1, 0.15) is 23.0 Å². The molecule has 0 aliphatic carbocycles. The molecule has 0 amide bonds. The lowest BCUT2D eigenvalue weighted by Gasteiger charge is -2.01. The molecule has 0 aliphatic heterocycles. The molecular weight excluding hydrogens is 621 g/mol. The van der Waals surface area contributed by atoms with Crippen molar-refractivity contribution < 1.29 is 0 Å². The normalized spacial score (nSPS) is 11.8. The molecule has 0 spiro atoms. The molecule has 10 heteroatoms. The number of aryl methyl sites for hydroxylation is 2. The van der Waals surface area contributed by atoms with Crippen LogP contribution >= 0.6 is 0 Å². The molecule has 6 aromatic heterocycles. The third-order valence-corrected chi connectivity index (χ3v) is 9.15. The topological polar surface area (TPSA) is 140 Å². The van der Waals surface area contributed by atoms with Gasteiger partial charge in [0.05, 0.1) is 44.1 Å². The van der Waals surface area contributed by atoms with Crippen LogP contribution in [0.15, 0.2) is 109 Å². The maximum Gasteiger partial charge on any atom is 0.157 e. The van der Waals surface area contributed by atoms with Crippen molar-refractivity contribution in [3.05, 3.63) is 121 Å². The first-order chi connectivity index (χ1) is 24.5.